The molecule has 1 atom stereocenters. The maximum absolute atomic E-state index is 11.1. The van der Waals surface area contributed by atoms with Crippen LogP contribution in [0.15, 0.2) is 18.2 Å². The van der Waals surface area contributed by atoms with Gasteiger partial charge in [0.1, 0.15) is 11.9 Å². The third-order valence-corrected chi connectivity index (χ3v) is 7.25. The Morgan fingerprint density at radius 3 is 1.87 bits per heavy atom. The number of phosphoric acid groups is 1. The van der Waals surface area contributed by atoms with E-state index in [2.05, 4.69) is 17.5 Å². The first kappa shape index (κ1) is 35.6. The molecule has 0 saturated carbocycles. The third-order valence-electron chi connectivity index (χ3n) is 6.77. The van der Waals surface area contributed by atoms with Crippen LogP contribution in [0.4, 0.5) is 0 Å². The second-order valence-corrected chi connectivity index (χ2v) is 11.5. The van der Waals surface area contributed by atoms with Crippen LogP contribution in [-0.2, 0) is 25.2 Å². The Bertz CT molecular complexity index is 824. The summed E-state index contributed by atoms with van der Waals surface area (Å²) in [5.74, 6) is 0.512. The molecule has 224 valence electrons. The number of methoxy groups -OCH3 is 1. The zero-order valence-electron chi connectivity index (χ0n) is 24.3. The Morgan fingerprint density at radius 2 is 1.38 bits per heavy atom. The number of hydrogen-bond acceptors (Lipinski definition) is 6. The SMILES string of the molecule is CCCCCCCCCCCCCCCCCCOCC(COP(=O)(O)O)OCc1ccc(C#N)cc1OC. The summed E-state index contributed by atoms with van der Waals surface area (Å²) in [5.41, 5.74) is 1.19. The van der Waals surface area contributed by atoms with E-state index in [4.69, 9.17) is 29.3 Å². The van der Waals surface area contributed by atoms with Gasteiger partial charge in [0, 0.05) is 12.2 Å². The van der Waals surface area contributed by atoms with Crippen molar-refractivity contribution in [1.82, 2.24) is 0 Å². The first-order valence-corrected chi connectivity index (χ1v) is 16.4. The number of hydrogen-bond donors (Lipinski definition) is 2. The quantitative estimate of drug-likeness (QED) is 0.0855. The predicted octanol–water partition coefficient (Wildman–Crippen LogP) is 7.84. The van der Waals surface area contributed by atoms with Crippen LogP contribution >= 0.6 is 7.82 Å². The highest BCUT2D eigenvalue weighted by molar-refractivity contribution is 7.46. The molecule has 1 aromatic rings. The van der Waals surface area contributed by atoms with E-state index in [9.17, 15) is 4.57 Å². The molecule has 0 radical (unpaired) electrons. The molecule has 0 spiro atoms. The van der Waals surface area contributed by atoms with Gasteiger partial charge >= 0.3 is 7.82 Å². The van der Waals surface area contributed by atoms with E-state index in [1.54, 1.807) is 18.2 Å². The molecule has 0 amide bonds. The van der Waals surface area contributed by atoms with Gasteiger partial charge < -0.3 is 24.0 Å². The highest BCUT2D eigenvalue weighted by Gasteiger charge is 2.20. The Morgan fingerprint density at radius 1 is 0.846 bits per heavy atom. The molecule has 2 N–H and O–H groups in total. The van der Waals surface area contributed by atoms with E-state index in [0.29, 0.717) is 17.9 Å². The summed E-state index contributed by atoms with van der Waals surface area (Å²) in [5, 5.41) is 9.05. The van der Waals surface area contributed by atoms with Crippen molar-refractivity contribution >= 4 is 7.82 Å². The fourth-order valence-corrected chi connectivity index (χ4v) is 4.79. The van der Waals surface area contributed by atoms with E-state index in [1.165, 1.54) is 97.0 Å². The van der Waals surface area contributed by atoms with Gasteiger partial charge in [-0.15, -0.1) is 0 Å². The maximum atomic E-state index is 11.1. The topological polar surface area (TPSA) is 118 Å². The van der Waals surface area contributed by atoms with Crippen molar-refractivity contribution in [3.63, 3.8) is 0 Å². The highest BCUT2D eigenvalue weighted by Crippen LogP contribution is 2.36. The largest absolute Gasteiger partial charge is 0.496 e. The standard InChI is InChI=1S/C30H52NO7P/c1-3-4-5-6-7-8-9-10-11-12-13-14-15-16-17-18-21-36-25-29(26-38-39(32,33)34)37-24-28-20-19-27(23-31)22-30(28)35-2/h19-20,22,29H,3-18,21,24-26H2,1-2H3,(H2,32,33,34). The molecule has 0 saturated heterocycles. The van der Waals surface area contributed by atoms with E-state index < -0.39 is 13.9 Å². The molecular formula is C30H52NO7P. The molecular weight excluding hydrogens is 517 g/mol. The fraction of sp³-hybridized carbons (Fsp3) is 0.767. The van der Waals surface area contributed by atoms with Crippen LogP contribution in [0.1, 0.15) is 121 Å². The van der Waals surface area contributed by atoms with Crippen molar-refractivity contribution in [2.24, 2.45) is 0 Å². The first-order chi connectivity index (χ1) is 18.9. The average molecular weight is 570 g/mol. The summed E-state index contributed by atoms with van der Waals surface area (Å²) in [6.07, 6.45) is 20.3. The number of nitriles is 1. The minimum atomic E-state index is -4.62. The molecule has 8 nitrogen and oxygen atoms in total. The molecule has 0 aromatic heterocycles. The molecule has 0 heterocycles. The van der Waals surface area contributed by atoms with E-state index in [1.807, 2.05) is 0 Å². The van der Waals surface area contributed by atoms with E-state index in [-0.39, 0.29) is 19.8 Å². The molecule has 1 unspecified atom stereocenters. The van der Waals surface area contributed by atoms with Gasteiger partial charge in [-0.25, -0.2) is 4.57 Å². The molecule has 0 aliphatic carbocycles. The average Bonchev–Trinajstić information content (AvgIpc) is 2.92. The zero-order chi connectivity index (χ0) is 28.6. The van der Waals surface area contributed by atoms with Gasteiger partial charge in [0.25, 0.3) is 0 Å². The Kier molecular flexibility index (Phi) is 21.2. The van der Waals surface area contributed by atoms with Gasteiger partial charge in [-0.2, -0.15) is 5.26 Å². The van der Waals surface area contributed by atoms with Crippen LogP contribution in [0.3, 0.4) is 0 Å². The number of rotatable bonds is 26. The van der Waals surface area contributed by atoms with Gasteiger partial charge in [0.15, 0.2) is 0 Å². The predicted molar refractivity (Wildman–Crippen MR) is 155 cm³/mol. The third kappa shape index (κ3) is 20.1. The van der Waals surface area contributed by atoms with Crippen LogP contribution in [-0.4, -0.2) is 42.8 Å². The smallest absolute Gasteiger partial charge is 0.469 e. The number of unbranched alkanes of at least 4 members (excludes halogenated alkanes) is 15. The lowest BCUT2D eigenvalue weighted by molar-refractivity contribution is -0.0497. The minimum Gasteiger partial charge on any atom is -0.496 e. The van der Waals surface area contributed by atoms with Crippen LogP contribution in [0.25, 0.3) is 0 Å². The van der Waals surface area contributed by atoms with Gasteiger partial charge in [0.05, 0.1) is 38.6 Å². The monoisotopic (exact) mass is 569 g/mol. The molecule has 1 rings (SSSR count). The summed E-state index contributed by atoms with van der Waals surface area (Å²) in [6.45, 7) is 2.83. The van der Waals surface area contributed by atoms with E-state index in [0.717, 1.165) is 18.4 Å². The molecule has 1 aromatic carbocycles. The lowest BCUT2D eigenvalue weighted by Crippen LogP contribution is -2.25. The lowest BCUT2D eigenvalue weighted by Gasteiger charge is -2.19. The zero-order valence-corrected chi connectivity index (χ0v) is 25.2. The summed E-state index contributed by atoms with van der Waals surface area (Å²) >= 11 is 0. The minimum absolute atomic E-state index is 0.131. The van der Waals surface area contributed by atoms with Crippen molar-refractivity contribution in [2.75, 3.05) is 26.9 Å². The number of phosphoric ester groups is 1. The Labute approximate surface area is 236 Å². The van der Waals surface area contributed by atoms with Gasteiger partial charge in [-0.3, -0.25) is 4.52 Å². The maximum Gasteiger partial charge on any atom is 0.469 e. The van der Waals surface area contributed by atoms with Crippen LogP contribution in [0, 0.1) is 11.3 Å². The molecule has 0 fully saturated rings. The fourth-order valence-electron chi connectivity index (χ4n) is 4.43. The summed E-state index contributed by atoms with van der Waals surface area (Å²) in [7, 11) is -3.11. The second-order valence-electron chi connectivity index (χ2n) is 10.2. The van der Waals surface area contributed by atoms with Gasteiger partial charge in [-0.05, 0) is 18.6 Å². The normalized spacial score (nSPS) is 12.4. The number of nitrogens with zero attached hydrogens (tertiary/aromatic N) is 1. The van der Waals surface area contributed by atoms with Gasteiger partial charge in [-0.1, -0.05) is 109 Å². The summed E-state index contributed by atoms with van der Waals surface area (Å²) < 4.78 is 32.7. The molecule has 0 aliphatic heterocycles. The van der Waals surface area contributed by atoms with Gasteiger partial charge in [0.2, 0.25) is 0 Å². The lowest BCUT2D eigenvalue weighted by atomic mass is 10.0. The summed E-state index contributed by atoms with van der Waals surface area (Å²) in [6, 6.07) is 7.07. The molecule has 39 heavy (non-hydrogen) atoms. The van der Waals surface area contributed by atoms with Crippen LogP contribution in [0.5, 0.6) is 5.75 Å². The van der Waals surface area contributed by atoms with Crippen LogP contribution in [0.2, 0.25) is 0 Å². The second kappa shape index (κ2) is 23.3. The highest BCUT2D eigenvalue weighted by atomic mass is 31.2. The summed E-state index contributed by atoms with van der Waals surface area (Å²) in [4.78, 5) is 18.1. The van der Waals surface area contributed by atoms with Crippen molar-refractivity contribution in [1.29, 1.82) is 5.26 Å². The van der Waals surface area contributed by atoms with E-state index >= 15 is 0 Å². The van der Waals surface area contributed by atoms with Crippen molar-refractivity contribution in [2.45, 2.75) is 122 Å². The first-order valence-electron chi connectivity index (χ1n) is 14.9. The number of ether oxygens (including phenoxy) is 3. The van der Waals surface area contributed by atoms with Crippen molar-refractivity contribution < 1.29 is 33.1 Å². The molecule has 0 bridgehead atoms. The van der Waals surface area contributed by atoms with Crippen molar-refractivity contribution in [3.8, 4) is 11.8 Å². The molecule has 9 heteroatoms. The van der Waals surface area contributed by atoms with Crippen molar-refractivity contribution in [3.05, 3.63) is 29.3 Å². The number of benzene rings is 1. The van der Waals surface area contributed by atoms with Crippen LogP contribution < -0.4 is 4.74 Å². The Hall–Kier alpha value is -1.46. The Balaban J connectivity index is 2.13. The molecule has 0 aliphatic rings.